The molecule has 0 radical (unpaired) electrons. The highest BCUT2D eigenvalue weighted by Gasteiger charge is 2.27. The Kier molecular flexibility index (Phi) is 5.24. The number of benzene rings is 1. The van der Waals surface area contributed by atoms with Gasteiger partial charge in [0, 0.05) is 35.4 Å². The van der Waals surface area contributed by atoms with Crippen molar-refractivity contribution < 1.29 is 0 Å². The van der Waals surface area contributed by atoms with Gasteiger partial charge in [0.15, 0.2) is 0 Å². The molecule has 0 aromatic heterocycles. The van der Waals surface area contributed by atoms with Crippen molar-refractivity contribution in [2.75, 3.05) is 31.1 Å². The average molecular weight is 312 g/mol. The second-order valence-corrected chi connectivity index (χ2v) is 6.01. The minimum atomic E-state index is 0.411. The van der Waals surface area contributed by atoms with Gasteiger partial charge in [-0.1, -0.05) is 37.7 Å². The quantitative estimate of drug-likeness (QED) is 0.848. The van der Waals surface area contributed by atoms with E-state index in [0.29, 0.717) is 16.1 Å². The summed E-state index contributed by atoms with van der Waals surface area (Å²) in [7, 11) is 0. The van der Waals surface area contributed by atoms with Crippen LogP contribution in [-0.4, -0.2) is 42.1 Å². The van der Waals surface area contributed by atoms with Crippen LogP contribution in [0, 0.1) is 0 Å². The van der Waals surface area contributed by atoms with E-state index in [1.54, 1.807) is 0 Å². The minimum absolute atomic E-state index is 0.411. The summed E-state index contributed by atoms with van der Waals surface area (Å²) in [6.45, 7) is 8.69. The highest BCUT2D eigenvalue weighted by Crippen LogP contribution is 2.28. The summed E-state index contributed by atoms with van der Waals surface area (Å²) in [4.78, 5) is 5.29. The molecule has 1 aromatic rings. The SMILES string of the molecule is CCN(CC)C1CCN(c2ccc(Cl)cc2C(N)=S)C1. The Labute approximate surface area is 131 Å². The van der Waals surface area contributed by atoms with Crippen LogP contribution in [0.3, 0.4) is 0 Å². The van der Waals surface area contributed by atoms with E-state index in [0.717, 1.165) is 37.4 Å². The van der Waals surface area contributed by atoms with Gasteiger partial charge in [-0.2, -0.15) is 0 Å². The van der Waals surface area contributed by atoms with Crippen LogP contribution in [-0.2, 0) is 0 Å². The van der Waals surface area contributed by atoms with E-state index < -0.39 is 0 Å². The lowest BCUT2D eigenvalue weighted by atomic mass is 10.1. The maximum absolute atomic E-state index is 6.05. The van der Waals surface area contributed by atoms with Crippen LogP contribution >= 0.6 is 23.8 Å². The van der Waals surface area contributed by atoms with Crippen molar-refractivity contribution in [3.8, 4) is 0 Å². The molecule has 1 fully saturated rings. The molecule has 0 spiro atoms. The first-order chi connectivity index (χ1) is 9.56. The fourth-order valence-corrected chi connectivity index (χ4v) is 3.32. The number of anilines is 1. The lowest BCUT2D eigenvalue weighted by Gasteiger charge is -2.27. The molecule has 0 aliphatic carbocycles. The van der Waals surface area contributed by atoms with Crippen LogP contribution in [0.15, 0.2) is 18.2 Å². The Morgan fingerprint density at radius 3 is 2.75 bits per heavy atom. The van der Waals surface area contributed by atoms with E-state index in [4.69, 9.17) is 29.6 Å². The summed E-state index contributed by atoms with van der Waals surface area (Å²) in [5.74, 6) is 0. The molecule has 1 unspecified atom stereocenters. The van der Waals surface area contributed by atoms with E-state index in [9.17, 15) is 0 Å². The lowest BCUT2D eigenvalue weighted by Crippen LogP contribution is -2.37. The van der Waals surface area contributed by atoms with Crippen molar-refractivity contribution in [1.82, 2.24) is 4.90 Å². The molecule has 2 rings (SSSR count). The third kappa shape index (κ3) is 3.25. The van der Waals surface area contributed by atoms with Gasteiger partial charge in [-0.25, -0.2) is 0 Å². The van der Waals surface area contributed by atoms with Crippen molar-refractivity contribution in [1.29, 1.82) is 0 Å². The Hall–Kier alpha value is -0.840. The molecule has 1 aliphatic rings. The van der Waals surface area contributed by atoms with E-state index in [-0.39, 0.29) is 0 Å². The summed E-state index contributed by atoms with van der Waals surface area (Å²) in [6.07, 6.45) is 1.18. The van der Waals surface area contributed by atoms with Crippen LogP contribution in [0.25, 0.3) is 0 Å². The number of thiocarbonyl (C=S) groups is 1. The molecular formula is C15H22ClN3S. The lowest BCUT2D eigenvalue weighted by molar-refractivity contribution is 0.232. The molecule has 1 aliphatic heterocycles. The average Bonchev–Trinajstić information content (AvgIpc) is 2.89. The van der Waals surface area contributed by atoms with Gasteiger partial charge < -0.3 is 10.6 Å². The van der Waals surface area contributed by atoms with Gasteiger partial charge in [0.1, 0.15) is 4.99 Å². The predicted octanol–water partition coefficient (Wildman–Crippen LogP) is 2.89. The topological polar surface area (TPSA) is 32.5 Å². The number of nitrogens with two attached hydrogens (primary N) is 1. The minimum Gasteiger partial charge on any atom is -0.389 e. The fraction of sp³-hybridized carbons (Fsp3) is 0.533. The van der Waals surface area contributed by atoms with Gasteiger partial charge in [-0.05, 0) is 37.7 Å². The van der Waals surface area contributed by atoms with Gasteiger partial charge in [-0.15, -0.1) is 0 Å². The predicted molar refractivity (Wildman–Crippen MR) is 90.9 cm³/mol. The van der Waals surface area contributed by atoms with E-state index >= 15 is 0 Å². The molecule has 0 amide bonds. The van der Waals surface area contributed by atoms with Crippen LogP contribution in [0.5, 0.6) is 0 Å². The van der Waals surface area contributed by atoms with Gasteiger partial charge in [0.25, 0.3) is 0 Å². The first-order valence-electron chi connectivity index (χ1n) is 7.15. The zero-order valence-corrected chi connectivity index (χ0v) is 13.7. The van der Waals surface area contributed by atoms with Crippen molar-refractivity contribution in [2.24, 2.45) is 5.73 Å². The highest BCUT2D eigenvalue weighted by molar-refractivity contribution is 7.80. The molecule has 1 atom stereocenters. The molecule has 3 nitrogen and oxygen atoms in total. The van der Waals surface area contributed by atoms with Crippen molar-refractivity contribution in [3.63, 3.8) is 0 Å². The Morgan fingerprint density at radius 2 is 2.15 bits per heavy atom. The summed E-state index contributed by atoms with van der Waals surface area (Å²) in [5.41, 5.74) is 7.82. The van der Waals surface area contributed by atoms with Gasteiger partial charge in [0.2, 0.25) is 0 Å². The van der Waals surface area contributed by atoms with Crippen molar-refractivity contribution in [2.45, 2.75) is 26.3 Å². The molecular weight excluding hydrogens is 290 g/mol. The van der Waals surface area contributed by atoms with Crippen LogP contribution in [0.1, 0.15) is 25.8 Å². The molecule has 0 bridgehead atoms. The van der Waals surface area contributed by atoms with Gasteiger partial charge >= 0.3 is 0 Å². The number of hydrogen-bond donors (Lipinski definition) is 1. The second-order valence-electron chi connectivity index (χ2n) is 5.14. The molecule has 1 aromatic carbocycles. The first-order valence-corrected chi connectivity index (χ1v) is 7.93. The molecule has 1 heterocycles. The normalized spacial score (nSPS) is 18.8. The van der Waals surface area contributed by atoms with Crippen LogP contribution in [0.4, 0.5) is 5.69 Å². The Morgan fingerprint density at radius 1 is 1.45 bits per heavy atom. The fourth-order valence-electron chi connectivity index (χ4n) is 2.98. The van der Waals surface area contributed by atoms with Crippen LogP contribution in [0.2, 0.25) is 5.02 Å². The number of nitrogens with zero attached hydrogens (tertiary/aromatic N) is 2. The standard InChI is InChI=1S/C15H22ClN3S/c1-3-18(4-2)12-7-8-19(10-12)14-6-5-11(16)9-13(14)15(17)20/h5-6,9,12H,3-4,7-8,10H2,1-2H3,(H2,17,20). The van der Waals surface area contributed by atoms with Crippen molar-refractivity contribution >= 4 is 34.5 Å². The number of likely N-dealkylation sites (N-methyl/N-ethyl adjacent to an activating group) is 1. The molecule has 0 saturated carbocycles. The zero-order valence-electron chi connectivity index (χ0n) is 12.1. The zero-order chi connectivity index (χ0) is 14.7. The van der Waals surface area contributed by atoms with Crippen molar-refractivity contribution in [3.05, 3.63) is 28.8 Å². The maximum Gasteiger partial charge on any atom is 0.106 e. The highest BCUT2D eigenvalue weighted by atomic mass is 35.5. The Bertz CT molecular complexity index is 488. The molecule has 1 saturated heterocycles. The summed E-state index contributed by atoms with van der Waals surface area (Å²) in [6, 6.07) is 6.41. The number of rotatable bonds is 5. The Balaban J connectivity index is 2.20. The smallest absolute Gasteiger partial charge is 0.106 e. The third-order valence-electron chi connectivity index (χ3n) is 4.06. The second kappa shape index (κ2) is 6.74. The molecule has 5 heteroatoms. The maximum atomic E-state index is 6.05. The van der Waals surface area contributed by atoms with Crippen LogP contribution < -0.4 is 10.6 Å². The van der Waals surface area contributed by atoms with Gasteiger partial charge in [-0.3, -0.25) is 4.90 Å². The number of halogens is 1. The largest absolute Gasteiger partial charge is 0.389 e. The monoisotopic (exact) mass is 311 g/mol. The summed E-state index contributed by atoms with van der Waals surface area (Å²) >= 11 is 11.2. The van der Waals surface area contributed by atoms with E-state index in [2.05, 4.69) is 23.6 Å². The molecule has 110 valence electrons. The van der Waals surface area contributed by atoms with E-state index in [1.165, 1.54) is 6.42 Å². The summed E-state index contributed by atoms with van der Waals surface area (Å²) < 4.78 is 0. The number of hydrogen-bond acceptors (Lipinski definition) is 3. The summed E-state index contributed by atoms with van der Waals surface area (Å²) in [5, 5.41) is 0.677. The third-order valence-corrected chi connectivity index (χ3v) is 4.51. The first kappa shape index (κ1) is 15.5. The van der Waals surface area contributed by atoms with E-state index in [1.807, 2.05) is 18.2 Å². The molecule has 20 heavy (non-hydrogen) atoms. The molecule has 2 N–H and O–H groups in total. The van der Waals surface area contributed by atoms with Gasteiger partial charge in [0.05, 0.1) is 0 Å².